The molecular weight excluding hydrogens is 312 g/mol. The van der Waals surface area contributed by atoms with E-state index in [9.17, 15) is 10.1 Å². The molecule has 0 amide bonds. The second kappa shape index (κ2) is 6.14. The van der Waals surface area contributed by atoms with Gasteiger partial charge in [0, 0.05) is 5.69 Å². The van der Waals surface area contributed by atoms with E-state index >= 15 is 0 Å². The summed E-state index contributed by atoms with van der Waals surface area (Å²) in [6.45, 7) is 2.56. The van der Waals surface area contributed by atoms with Crippen LogP contribution in [0.5, 0.6) is 0 Å². The Balaban J connectivity index is 1.80. The molecule has 0 N–H and O–H groups in total. The van der Waals surface area contributed by atoms with Gasteiger partial charge in [0.2, 0.25) is 0 Å². The normalized spacial score (nSPS) is 16.4. The van der Waals surface area contributed by atoms with Crippen molar-refractivity contribution in [1.82, 2.24) is 14.5 Å². The van der Waals surface area contributed by atoms with E-state index in [1.54, 1.807) is 10.6 Å². The molecule has 0 aliphatic heterocycles. The molecular formula is C20H18N4O. The maximum atomic E-state index is 12.9. The largest absolute Gasteiger partial charge is 0.294 e. The average Bonchev–Trinajstić information content (AvgIpc) is 2.63. The number of rotatable bonds is 2. The van der Waals surface area contributed by atoms with Crippen LogP contribution in [0, 0.1) is 17.2 Å². The fourth-order valence-corrected chi connectivity index (χ4v) is 3.49. The fourth-order valence-electron chi connectivity index (χ4n) is 3.49. The highest BCUT2D eigenvalue weighted by molar-refractivity contribution is 5.74. The maximum Gasteiger partial charge on any atom is 0.263 e. The summed E-state index contributed by atoms with van der Waals surface area (Å²) in [6, 6.07) is 11.4. The van der Waals surface area contributed by atoms with E-state index in [0.29, 0.717) is 29.1 Å². The number of hydrogen-bond donors (Lipinski definition) is 0. The van der Waals surface area contributed by atoms with Crippen LogP contribution in [-0.2, 0) is 19.4 Å². The monoisotopic (exact) mass is 330 g/mol. The number of nitrogens with zero attached hydrogens (tertiary/aromatic N) is 4. The first-order valence-corrected chi connectivity index (χ1v) is 8.51. The summed E-state index contributed by atoms with van der Waals surface area (Å²) in [6.07, 6.45) is 4.58. The summed E-state index contributed by atoms with van der Waals surface area (Å²) in [5, 5.41) is 9.79. The Bertz CT molecular complexity index is 1060. The molecule has 0 bridgehead atoms. The second-order valence-corrected chi connectivity index (χ2v) is 6.76. The van der Waals surface area contributed by atoms with Gasteiger partial charge in [-0.05, 0) is 48.4 Å². The van der Waals surface area contributed by atoms with E-state index in [4.69, 9.17) is 0 Å². The molecule has 0 fully saturated rings. The molecule has 0 saturated carbocycles. The van der Waals surface area contributed by atoms with Crippen molar-refractivity contribution in [3.63, 3.8) is 0 Å². The molecule has 0 radical (unpaired) electrons. The van der Waals surface area contributed by atoms with Gasteiger partial charge in [-0.1, -0.05) is 25.1 Å². The summed E-state index contributed by atoms with van der Waals surface area (Å²) >= 11 is 0. The van der Waals surface area contributed by atoms with Crippen molar-refractivity contribution in [3.05, 3.63) is 69.4 Å². The van der Waals surface area contributed by atoms with Gasteiger partial charge in [0.25, 0.3) is 5.56 Å². The first-order chi connectivity index (χ1) is 12.2. The van der Waals surface area contributed by atoms with Crippen LogP contribution in [0.4, 0.5) is 0 Å². The van der Waals surface area contributed by atoms with Crippen molar-refractivity contribution in [2.24, 2.45) is 5.92 Å². The SMILES string of the molecule is C[C@H]1CCc2nc3ncn(Cc4ccccc4C#N)c(=O)c3cc2C1. The Labute approximate surface area is 145 Å². The van der Waals surface area contributed by atoms with E-state index in [0.717, 1.165) is 30.5 Å². The zero-order valence-electron chi connectivity index (χ0n) is 14.1. The Hall–Kier alpha value is -3.00. The number of hydrogen-bond acceptors (Lipinski definition) is 4. The number of aromatic nitrogens is 3. The van der Waals surface area contributed by atoms with Gasteiger partial charge in [0.05, 0.1) is 23.6 Å². The van der Waals surface area contributed by atoms with Crippen LogP contribution in [0.1, 0.15) is 35.7 Å². The minimum absolute atomic E-state index is 0.105. The van der Waals surface area contributed by atoms with Gasteiger partial charge >= 0.3 is 0 Å². The highest BCUT2D eigenvalue weighted by atomic mass is 16.1. The van der Waals surface area contributed by atoms with Crippen molar-refractivity contribution in [3.8, 4) is 6.07 Å². The van der Waals surface area contributed by atoms with Gasteiger partial charge in [-0.3, -0.25) is 9.36 Å². The summed E-state index contributed by atoms with van der Waals surface area (Å²) in [4.78, 5) is 21.9. The number of aryl methyl sites for hydroxylation is 1. The van der Waals surface area contributed by atoms with Gasteiger partial charge in [-0.15, -0.1) is 0 Å². The fraction of sp³-hybridized carbons (Fsp3) is 0.300. The topological polar surface area (TPSA) is 71.6 Å². The zero-order chi connectivity index (χ0) is 17.4. The standard InChI is InChI=1S/C20H18N4O/c1-13-6-7-18-16(8-13)9-17-19(23-18)22-12-24(20(17)25)11-15-5-3-2-4-14(15)10-21/h2-5,9,12-13H,6-8,11H2,1H3/t13-/m0/s1. The highest BCUT2D eigenvalue weighted by Crippen LogP contribution is 2.25. The summed E-state index contributed by atoms with van der Waals surface area (Å²) in [5.41, 5.74) is 4.04. The van der Waals surface area contributed by atoms with Gasteiger partial charge in [-0.2, -0.15) is 5.26 Å². The van der Waals surface area contributed by atoms with Crippen LogP contribution >= 0.6 is 0 Å². The van der Waals surface area contributed by atoms with Crippen molar-refractivity contribution < 1.29 is 0 Å². The molecule has 2 aromatic heterocycles. The van der Waals surface area contributed by atoms with Crippen LogP contribution < -0.4 is 5.56 Å². The summed E-state index contributed by atoms with van der Waals surface area (Å²) in [7, 11) is 0. The number of nitriles is 1. The molecule has 1 aliphatic carbocycles. The lowest BCUT2D eigenvalue weighted by molar-refractivity contribution is 0.495. The molecule has 4 rings (SSSR count). The van der Waals surface area contributed by atoms with Crippen molar-refractivity contribution in [2.45, 2.75) is 32.7 Å². The number of pyridine rings is 1. The predicted molar refractivity (Wildman–Crippen MR) is 95.2 cm³/mol. The van der Waals surface area contributed by atoms with Gasteiger partial charge in [0.15, 0.2) is 5.65 Å². The molecule has 0 spiro atoms. The van der Waals surface area contributed by atoms with Gasteiger partial charge in [-0.25, -0.2) is 9.97 Å². The molecule has 3 aromatic rings. The Morgan fingerprint density at radius 3 is 3.04 bits per heavy atom. The first kappa shape index (κ1) is 15.5. The molecule has 1 aromatic carbocycles. The molecule has 0 saturated heterocycles. The van der Waals surface area contributed by atoms with E-state index in [1.807, 2.05) is 24.3 Å². The third-order valence-electron chi connectivity index (χ3n) is 4.90. The van der Waals surface area contributed by atoms with Crippen LogP contribution in [0.25, 0.3) is 11.0 Å². The lowest BCUT2D eigenvalue weighted by Gasteiger charge is -2.20. The Kier molecular flexibility index (Phi) is 3.81. The van der Waals surface area contributed by atoms with E-state index in [-0.39, 0.29) is 5.56 Å². The molecule has 25 heavy (non-hydrogen) atoms. The highest BCUT2D eigenvalue weighted by Gasteiger charge is 2.18. The minimum Gasteiger partial charge on any atom is -0.294 e. The Morgan fingerprint density at radius 2 is 2.20 bits per heavy atom. The number of fused-ring (bicyclic) bond motifs is 2. The van der Waals surface area contributed by atoms with Crippen LogP contribution in [-0.4, -0.2) is 14.5 Å². The second-order valence-electron chi connectivity index (χ2n) is 6.76. The van der Waals surface area contributed by atoms with Crippen molar-refractivity contribution in [1.29, 1.82) is 5.26 Å². The predicted octanol–water partition coefficient (Wildman–Crippen LogP) is 2.84. The average molecular weight is 330 g/mol. The lowest BCUT2D eigenvalue weighted by Crippen LogP contribution is -2.23. The molecule has 5 heteroatoms. The maximum absolute atomic E-state index is 12.9. The zero-order valence-corrected chi connectivity index (χ0v) is 14.1. The van der Waals surface area contributed by atoms with Crippen molar-refractivity contribution in [2.75, 3.05) is 0 Å². The van der Waals surface area contributed by atoms with Crippen LogP contribution in [0.3, 0.4) is 0 Å². The molecule has 1 atom stereocenters. The van der Waals surface area contributed by atoms with Crippen LogP contribution in [0.2, 0.25) is 0 Å². The smallest absolute Gasteiger partial charge is 0.263 e. The van der Waals surface area contributed by atoms with Gasteiger partial charge < -0.3 is 0 Å². The van der Waals surface area contributed by atoms with Gasteiger partial charge in [0.1, 0.15) is 6.33 Å². The summed E-state index contributed by atoms with van der Waals surface area (Å²) in [5.74, 6) is 0.619. The molecule has 0 unspecified atom stereocenters. The quantitative estimate of drug-likeness (QED) is 0.724. The molecule has 2 heterocycles. The Morgan fingerprint density at radius 1 is 1.36 bits per heavy atom. The molecule has 1 aliphatic rings. The van der Waals surface area contributed by atoms with E-state index < -0.39 is 0 Å². The van der Waals surface area contributed by atoms with Crippen molar-refractivity contribution >= 4 is 11.0 Å². The third-order valence-corrected chi connectivity index (χ3v) is 4.90. The minimum atomic E-state index is -0.105. The lowest BCUT2D eigenvalue weighted by atomic mass is 9.87. The van der Waals surface area contributed by atoms with E-state index in [2.05, 4.69) is 23.0 Å². The molecule has 5 nitrogen and oxygen atoms in total. The van der Waals surface area contributed by atoms with Crippen LogP contribution in [0.15, 0.2) is 41.5 Å². The molecule has 124 valence electrons. The number of benzene rings is 1. The third kappa shape index (κ3) is 2.80. The first-order valence-electron chi connectivity index (χ1n) is 8.51. The van der Waals surface area contributed by atoms with E-state index in [1.165, 1.54) is 11.9 Å². The summed E-state index contributed by atoms with van der Waals surface area (Å²) < 4.78 is 1.55.